The number of aliphatic hydroxyl groups is 1. The molecule has 1 N–H and O–H groups in total. The van der Waals surface area contributed by atoms with E-state index in [1.54, 1.807) is 30.5 Å². The van der Waals surface area contributed by atoms with E-state index in [0.717, 1.165) is 24.2 Å². The molecule has 1 aromatic carbocycles. The maximum Gasteiger partial charge on any atom is 0.0991 e. The fourth-order valence-corrected chi connectivity index (χ4v) is 2.12. The van der Waals surface area contributed by atoms with E-state index < -0.39 is 6.10 Å². The molecular formula is C17H19N3O. The Morgan fingerprint density at radius 2 is 2.00 bits per heavy atom. The number of likely N-dealkylation sites (N-methyl/N-ethyl adjacent to an activating group) is 1. The van der Waals surface area contributed by atoms with Crippen molar-refractivity contribution in [2.45, 2.75) is 12.5 Å². The summed E-state index contributed by atoms with van der Waals surface area (Å²) in [5, 5.41) is 19.0. The third kappa shape index (κ3) is 4.67. The first kappa shape index (κ1) is 15.2. The second-order valence-corrected chi connectivity index (χ2v) is 5.08. The van der Waals surface area contributed by atoms with Crippen molar-refractivity contribution in [3.63, 3.8) is 0 Å². The molecule has 108 valence electrons. The highest BCUT2D eigenvalue weighted by molar-refractivity contribution is 5.32. The molecule has 1 aromatic heterocycles. The van der Waals surface area contributed by atoms with Gasteiger partial charge in [0.15, 0.2) is 0 Å². The quantitative estimate of drug-likeness (QED) is 0.881. The minimum atomic E-state index is -0.550. The Morgan fingerprint density at radius 1 is 1.24 bits per heavy atom. The molecule has 4 nitrogen and oxygen atoms in total. The smallest absolute Gasteiger partial charge is 0.0991 e. The average molecular weight is 281 g/mol. The van der Waals surface area contributed by atoms with Crippen molar-refractivity contribution >= 4 is 0 Å². The van der Waals surface area contributed by atoms with Crippen molar-refractivity contribution in [2.75, 3.05) is 20.1 Å². The van der Waals surface area contributed by atoms with Crippen molar-refractivity contribution in [1.82, 2.24) is 9.88 Å². The SMILES string of the molecule is CN(CCc1ccccn1)CC(O)c1ccc(C#N)cc1. The molecule has 0 aliphatic heterocycles. The lowest BCUT2D eigenvalue weighted by Gasteiger charge is -2.20. The van der Waals surface area contributed by atoms with Crippen LogP contribution < -0.4 is 0 Å². The standard InChI is InChI=1S/C17H19N3O/c1-20(11-9-16-4-2-3-10-19-16)13-17(21)15-7-5-14(12-18)6-8-15/h2-8,10,17,21H,9,11,13H2,1H3. The van der Waals surface area contributed by atoms with Crippen LogP contribution in [0.2, 0.25) is 0 Å². The summed E-state index contributed by atoms with van der Waals surface area (Å²) >= 11 is 0. The van der Waals surface area contributed by atoms with Gasteiger partial charge in [0.2, 0.25) is 0 Å². The molecular weight excluding hydrogens is 262 g/mol. The van der Waals surface area contributed by atoms with Crippen LogP contribution in [0.3, 0.4) is 0 Å². The molecule has 1 unspecified atom stereocenters. The van der Waals surface area contributed by atoms with Crippen LogP contribution in [0.5, 0.6) is 0 Å². The van der Waals surface area contributed by atoms with Gasteiger partial charge in [-0.05, 0) is 36.9 Å². The first-order valence-corrected chi connectivity index (χ1v) is 6.95. The first-order valence-electron chi connectivity index (χ1n) is 6.95. The summed E-state index contributed by atoms with van der Waals surface area (Å²) in [5.41, 5.74) is 2.49. The van der Waals surface area contributed by atoms with E-state index in [-0.39, 0.29) is 0 Å². The van der Waals surface area contributed by atoms with Gasteiger partial charge in [0.05, 0.1) is 17.7 Å². The zero-order valence-corrected chi connectivity index (χ0v) is 12.1. The lowest BCUT2D eigenvalue weighted by Crippen LogP contribution is -2.27. The molecule has 0 saturated heterocycles. The molecule has 1 heterocycles. The second kappa shape index (κ2) is 7.53. The van der Waals surface area contributed by atoms with Crippen LogP contribution in [0.25, 0.3) is 0 Å². The Balaban J connectivity index is 1.84. The molecule has 2 rings (SSSR count). The number of benzene rings is 1. The average Bonchev–Trinajstić information content (AvgIpc) is 2.54. The molecule has 0 amide bonds. The normalized spacial score (nSPS) is 12.1. The number of aliphatic hydroxyl groups excluding tert-OH is 1. The fraction of sp³-hybridized carbons (Fsp3) is 0.294. The Bertz CT molecular complexity index is 590. The highest BCUT2D eigenvalue weighted by atomic mass is 16.3. The number of aromatic nitrogens is 1. The third-order valence-electron chi connectivity index (χ3n) is 3.38. The third-order valence-corrected chi connectivity index (χ3v) is 3.38. The zero-order chi connectivity index (χ0) is 15.1. The van der Waals surface area contributed by atoms with Crippen molar-refractivity contribution in [3.05, 3.63) is 65.5 Å². The second-order valence-electron chi connectivity index (χ2n) is 5.08. The van der Waals surface area contributed by atoms with E-state index in [0.29, 0.717) is 12.1 Å². The van der Waals surface area contributed by atoms with Gasteiger partial charge in [0.25, 0.3) is 0 Å². The summed E-state index contributed by atoms with van der Waals surface area (Å²) in [5.74, 6) is 0. The van der Waals surface area contributed by atoms with E-state index in [9.17, 15) is 5.11 Å². The monoisotopic (exact) mass is 281 g/mol. The summed E-state index contributed by atoms with van der Waals surface area (Å²) in [7, 11) is 1.98. The van der Waals surface area contributed by atoms with Crippen LogP contribution in [-0.4, -0.2) is 35.1 Å². The predicted octanol–water partition coefficient (Wildman–Crippen LogP) is 2.16. The number of pyridine rings is 1. The van der Waals surface area contributed by atoms with Crippen LogP contribution in [0.15, 0.2) is 48.7 Å². The van der Waals surface area contributed by atoms with E-state index in [1.165, 1.54) is 0 Å². The molecule has 0 aliphatic carbocycles. The maximum atomic E-state index is 10.2. The van der Waals surface area contributed by atoms with Gasteiger partial charge >= 0.3 is 0 Å². The van der Waals surface area contributed by atoms with Crippen LogP contribution in [0.4, 0.5) is 0 Å². The molecule has 2 aromatic rings. The topological polar surface area (TPSA) is 60.1 Å². The number of hydrogen-bond acceptors (Lipinski definition) is 4. The highest BCUT2D eigenvalue weighted by Gasteiger charge is 2.10. The number of nitrogens with zero attached hydrogens (tertiary/aromatic N) is 3. The molecule has 0 bridgehead atoms. The largest absolute Gasteiger partial charge is 0.387 e. The van der Waals surface area contributed by atoms with Crippen molar-refractivity contribution < 1.29 is 5.11 Å². The van der Waals surface area contributed by atoms with Gasteiger partial charge in [-0.25, -0.2) is 0 Å². The van der Waals surface area contributed by atoms with Crippen molar-refractivity contribution in [2.24, 2.45) is 0 Å². The van der Waals surface area contributed by atoms with Gasteiger partial charge in [0, 0.05) is 31.4 Å². The van der Waals surface area contributed by atoms with E-state index in [2.05, 4.69) is 16.0 Å². The lowest BCUT2D eigenvalue weighted by atomic mass is 10.1. The van der Waals surface area contributed by atoms with Gasteiger partial charge in [-0.15, -0.1) is 0 Å². The van der Waals surface area contributed by atoms with Crippen LogP contribution in [0.1, 0.15) is 22.9 Å². The van der Waals surface area contributed by atoms with Crippen LogP contribution >= 0.6 is 0 Å². The van der Waals surface area contributed by atoms with Gasteiger partial charge in [-0.1, -0.05) is 18.2 Å². The summed E-state index contributed by atoms with van der Waals surface area (Å²) < 4.78 is 0. The Morgan fingerprint density at radius 3 is 2.62 bits per heavy atom. The molecule has 21 heavy (non-hydrogen) atoms. The van der Waals surface area contributed by atoms with E-state index >= 15 is 0 Å². The van der Waals surface area contributed by atoms with E-state index in [4.69, 9.17) is 5.26 Å². The summed E-state index contributed by atoms with van der Waals surface area (Å²) in [6, 6.07) is 15.0. The molecule has 0 fully saturated rings. The Hall–Kier alpha value is -2.22. The number of hydrogen-bond donors (Lipinski definition) is 1. The molecule has 0 aliphatic rings. The first-order chi connectivity index (χ1) is 10.2. The van der Waals surface area contributed by atoms with Crippen LogP contribution in [0, 0.1) is 11.3 Å². The molecule has 0 saturated carbocycles. The minimum Gasteiger partial charge on any atom is -0.387 e. The number of nitriles is 1. The predicted molar refractivity (Wildman–Crippen MR) is 81.6 cm³/mol. The van der Waals surface area contributed by atoms with Gasteiger partial charge in [-0.2, -0.15) is 5.26 Å². The van der Waals surface area contributed by atoms with E-state index in [1.807, 2.05) is 25.2 Å². The molecule has 0 spiro atoms. The number of rotatable bonds is 6. The lowest BCUT2D eigenvalue weighted by molar-refractivity contribution is 0.127. The summed E-state index contributed by atoms with van der Waals surface area (Å²) in [6.45, 7) is 1.39. The van der Waals surface area contributed by atoms with Gasteiger partial charge < -0.3 is 10.0 Å². The van der Waals surface area contributed by atoms with Crippen LogP contribution in [-0.2, 0) is 6.42 Å². The fourth-order valence-electron chi connectivity index (χ4n) is 2.12. The van der Waals surface area contributed by atoms with Crippen molar-refractivity contribution in [3.8, 4) is 6.07 Å². The Labute approximate surface area is 125 Å². The highest BCUT2D eigenvalue weighted by Crippen LogP contribution is 2.14. The summed E-state index contributed by atoms with van der Waals surface area (Å²) in [4.78, 5) is 6.37. The molecule has 4 heteroatoms. The Kier molecular flexibility index (Phi) is 5.44. The van der Waals surface area contributed by atoms with Gasteiger partial charge in [-0.3, -0.25) is 4.98 Å². The van der Waals surface area contributed by atoms with Crippen molar-refractivity contribution in [1.29, 1.82) is 5.26 Å². The molecule has 0 radical (unpaired) electrons. The minimum absolute atomic E-state index is 0.550. The maximum absolute atomic E-state index is 10.2. The summed E-state index contributed by atoms with van der Waals surface area (Å²) in [6.07, 6.45) is 2.10. The van der Waals surface area contributed by atoms with Gasteiger partial charge in [0.1, 0.15) is 0 Å². The molecule has 1 atom stereocenters. The zero-order valence-electron chi connectivity index (χ0n) is 12.1.